The molecule has 5 fully saturated rings. The summed E-state index contributed by atoms with van der Waals surface area (Å²) in [7, 11) is 1.54. The minimum Gasteiger partial charge on any atom is -0.459 e. The van der Waals surface area contributed by atoms with Crippen molar-refractivity contribution in [2.75, 3.05) is 20.2 Å². The molecule has 8 unspecified atom stereocenters. The third-order valence-corrected chi connectivity index (χ3v) is 13.3. The van der Waals surface area contributed by atoms with Crippen molar-refractivity contribution in [1.82, 2.24) is 4.90 Å². The molecule has 0 aromatic carbocycles. The lowest BCUT2D eigenvalue weighted by Crippen LogP contribution is -2.60. The van der Waals surface area contributed by atoms with Gasteiger partial charge in [-0.05, 0) is 92.7 Å². The van der Waals surface area contributed by atoms with E-state index in [1.54, 1.807) is 27.7 Å². The second-order valence-electron chi connectivity index (χ2n) is 17.5. The molecule has 13 heteroatoms. The number of carbonyl (C=O) groups excluding carboxylic acids is 1. The van der Waals surface area contributed by atoms with Crippen molar-refractivity contribution in [3.05, 3.63) is 0 Å². The minimum absolute atomic E-state index is 0.0508. The summed E-state index contributed by atoms with van der Waals surface area (Å²) >= 11 is 0. The van der Waals surface area contributed by atoms with Gasteiger partial charge in [-0.1, -0.05) is 27.7 Å². The molecule has 4 N–H and O–H groups in total. The van der Waals surface area contributed by atoms with Gasteiger partial charge >= 0.3 is 5.97 Å². The van der Waals surface area contributed by atoms with Gasteiger partial charge in [0, 0.05) is 31.4 Å². The standard InChI is InChI=1S/C39H69NO12/c1-12-27(41)39(10,45)34-22(4)30-20(2)18-38(9,52-30)33(51-36-29(42)26(17-21(3)47-36)40-15-13-14-16-40)23(5)31(24(6)35(44)50-34)49-28-19-37(8,46-11)32(43)25(7)48-28/h20-34,36,41-43,45H,12-19H2,1-11H3/t20?,21?,22-,23-,24+,25?,26?,27+,28-,29?,30?,31-,32-,33+,34+,36-,37?,38?,39+/m0/s1. The van der Waals surface area contributed by atoms with Crippen molar-refractivity contribution in [2.45, 2.75) is 198 Å². The molecule has 302 valence electrons. The molecule has 0 aliphatic carbocycles. The molecule has 5 rings (SSSR count). The predicted octanol–water partition coefficient (Wildman–Crippen LogP) is 3.16. The normalized spacial score (nSPS) is 49.9. The Kier molecular flexibility index (Phi) is 13.2. The Bertz CT molecular complexity index is 1200. The van der Waals surface area contributed by atoms with Crippen molar-refractivity contribution in [2.24, 2.45) is 23.7 Å². The Labute approximate surface area is 310 Å². The van der Waals surface area contributed by atoms with Gasteiger partial charge in [-0.3, -0.25) is 9.69 Å². The number of aliphatic hydroxyl groups excluding tert-OH is 3. The minimum atomic E-state index is -1.78. The summed E-state index contributed by atoms with van der Waals surface area (Å²) < 4.78 is 45.5. The summed E-state index contributed by atoms with van der Waals surface area (Å²) in [4.78, 5) is 16.7. The maximum Gasteiger partial charge on any atom is 0.311 e. The second-order valence-corrected chi connectivity index (χ2v) is 17.5. The number of aliphatic hydroxyl groups is 4. The van der Waals surface area contributed by atoms with Crippen LogP contribution in [0.4, 0.5) is 0 Å². The van der Waals surface area contributed by atoms with E-state index in [4.69, 9.17) is 33.2 Å². The average Bonchev–Trinajstić information content (AvgIpc) is 3.74. The van der Waals surface area contributed by atoms with Crippen molar-refractivity contribution < 1.29 is 58.4 Å². The molecule has 0 amide bonds. The number of methoxy groups -OCH3 is 1. The Morgan fingerprint density at radius 3 is 2.27 bits per heavy atom. The van der Waals surface area contributed by atoms with E-state index in [1.165, 1.54) is 14.0 Å². The van der Waals surface area contributed by atoms with E-state index in [0.29, 0.717) is 12.8 Å². The zero-order chi connectivity index (χ0) is 38.5. The van der Waals surface area contributed by atoms with E-state index in [2.05, 4.69) is 11.8 Å². The second kappa shape index (κ2) is 16.3. The monoisotopic (exact) mass is 743 g/mol. The van der Waals surface area contributed by atoms with Gasteiger partial charge in [0.1, 0.15) is 23.9 Å². The molecule has 13 nitrogen and oxygen atoms in total. The molecule has 0 radical (unpaired) electrons. The first-order valence-electron chi connectivity index (χ1n) is 19.8. The fraction of sp³-hybridized carbons (Fsp3) is 0.974. The molecular weight excluding hydrogens is 674 g/mol. The van der Waals surface area contributed by atoms with Gasteiger partial charge in [0.25, 0.3) is 0 Å². The van der Waals surface area contributed by atoms with Crippen LogP contribution in [0.3, 0.4) is 0 Å². The maximum absolute atomic E-state index is 14.4. The molecule has 0 aromatic rings. The highest BCUT2D eigenvalue weighted by Gasteiger charge is 2.59. The van der Waals surface area contributed by atoms with Gasteiger partial charge in [-0.25, -0.2) is 0 Å². The molecule has 0 saturated carbocycles. The largest absolute Gasteiger partial charge is 0.459 e. The van der Waals surface area contributed by atoms with Crippen molar-refractivity contribution in [3.63, 3.8) is 0 Å². The first kappa shape index (κ1) is 42.2. The van der Waals surface area contributed by atoms with E-state index < -0.39 is 102 Å². The van der Waals surface area contributed by atoms with Crippen molar-refractivity contribution in [1.29, 1.82) is 0 Å². The predicted molar refractivity (Wildman–Crippen MR) is 191 cm³/mol. The average molecular weight is 744 g/mol. The molecular formula is C39H69NO12. The molecule has 0 spiro atoms. The summed E-state index contributed by atoms with van der Waals surface area (Å²) in [5, 5.41) is 45.6. The number of rotatable bonds is 9. The lowest BCUT2D eigenvalue weighted by molar-refractivity contribution is -0.318. The Balaban J connectivity index is 1.57. The number of fused-ring (bicyclic) bond motifs is 2. The zero-order valence-corrected chi connectivity index (χ0v) is 33.4. The van der Waals surface area contributed by atoms with E-state index in [9.17, 15) is 25.2 Å². The summed E-state index contributed by atoms with van der Waals surface area (Å²) in [6.45, 7) is 20.3. The Morgan fingerprint density at radius 2 is 1.65 bits per heavy atom. The number of carbonyl (C=O) groups is 1. The van der Waals surface area contributed by atoms with Crippen LogP contribution in [-0.2, 0) is 38.0 Å². The maximum atomic E-state index is 14.4. The summed E-state index contributed by atoms with van der Waals surface area (Å²) in [5.74, 6) is -2.63. The van der Waals surface area contributed by atoms with Crippen LogP contribution >= 0.6 is 0 Å². The fourth-order valence-electron chi connectivity index (χ4n) is 10.1. The third-order valence-electron chi connectivity index (χ3n) is 13.3. The molecule has 52 heavy (non-hydrogen) atoms. The number of cyclic esters (lactones) is 1. The number of likely N-dealkylation sites (tertiary alicyclic amines) is 1. The van der Waals surface area contributed by atoms with Crippen LogP contribution in [0, 0.1) is 23.7 Å². The van der Waals surface area contributed by atoms with Crippen molar-refractivity contribution in [3.8, 4) is 0 Å². The molecule has 5 heterocycles. The first-order valence-corrected chi connectivity index (χ1v) is 19.8. The molecule has 2 bridgehead atoms. The van der Waals surface area contributed by atoms with Gasteiger partial charge < -0.3 is 53.6 Å². The lowest BCUT2D eigenvalue weighted by Gasteiger charge is -2.48. The molecule has 5 aliphatic heterocycles. The SMILES string of the molecule is CC[C@@H](O)[C@@](C)(O)[C@@H]1OC(=O)[C@H](C)[C@@H](O[C@H]2CC(C)(OC)[C@@H](O)C(C)O2)[C@H](C)[C@@H](O[C@@H]2OC(C)CC(N3CCCC3)C2O)C2(C)CC(C)C(O2)[C@@H]1C. The molecule has 5 aliphatic rings. The fourth-order valence-corrected chi connectivity index (χ4v) is 10.1. The molecule has 19 atom stereocenters. The van der Waals surface area contributed by atoms with Gasteiger partial charge in [0.2, 0.25) is 0 Å². The van der Waals surface area contributed by atoms with Crippen LogP contribution in [0.1, 0.15) is 108 Å². The van der Waals surface area contributed by atoms with Crippen LogP contribution in [0.5, 0.6) is 0 Å². The highest BCUT2D eigenvalue weighted by Crippen LogP contribution is 2.48. The summed E-state index contributed by atoms with van der Waals surface area (Å²) in [6.07, 6.45) is -4.94. The summed E-state index contributed by atoms with van der Waals surface area (Å²) in [5.41, 5.74) is -3.70. The van der Waals surface area contributed by atoms with Crippen LogP contribution in [-0.4, -0.2) is 142 Å². The van der Waals surface area contributed by atoms with Gasteiger partial charge in [0.05, 0.1) is 53.7 Å². The van der Waals surface area contributed by atoms with Gasteiger partial charge in [0.15, 0.2) is 12.6 Å². The van der Waals surface area contributed by atoms with E-state index in [1.807, 2.05) is 27.7 Å². The van der Waals surface area contributed by atoms with Gasteiger partial charge in [-0.2, -0.15) is 0 Å². The highest BCUT2D eigenvalue weighted by molar-refractivity contribution is 5.73. The number of esters is 1. The number of hydrogen-bond donors (Lipinski definition) is 4. The smallest absolute Gasteiger partial charge is 0.311 e. The van der Waals surface area contributed by atoms with E-state index >= 15 is 0 Å². The number of nitrogens with zero attached hydrogens (tertiary/aromatic N) is 1. The zero-order valence-electron chi connectivity index (χ0n) is 33.4. The van der Waals surface area contributed by atoms with Crippen LogP contribution < -0.4 is 0 Å². The molecule has 0 aromatic heterocycles. The van der Waals surface area contributed by atoms with E-state index in [0.717, 1.165) is 25.9 Å². The van der Waals surface area contributed by atoms with Crippen LogP contribution in [0.15, 0.2) is 0 Å². The Morgan fingerprint density at radius 1 is 1.00 bits per heavy atom. The molecule has 5 saturated heterocycles. The van der Waals surface area contributed by atoms with Crippen molar-refractivity contribution >= 4 is 5.97 Å². The van der Waals surface area contributed by atoms with Crippen LogP contribution in [0.2, 0.25) is 0 Å². The first-order chi connectivity index (χ1) is 24.3. The van der Waals surface area contributed by atoms with Gasteiger partial charge in [-0.15, -0.1) is 0 Å². The van der Waals surface area contributed by atoms with Crippen LogP contribution in [0.25, 0.3) is 0 Å². The number of ether oxygens (including phenoxy) is 7. The number of hydrogen-bond acceptors (Lipinski definition) is 13. The third kappa shape index (κ3) is 8.12. The van der Waals surface area contributed by atoms with E-state index in [-0.39, 0.29) is 30.9 Å². The quantitative estimate of drug-likeness (QED) is 0.255. The summed E-state index contributed by atoms with van der Waals surface area (Å²) in [6, 6.07) is -0.123. The lowest BCUT2D eigenvalue weighted by atomic mass is 9.76. The topological polar surface area (TPSA) is 166 Å². The Hall–Kier alpha value is -0.970. The highest BCUT2D eigenvalue weighted by atomic mass is 16.7.